The molecule has 5 aromatic carbocycles. The van der Waals surface area contributed by atoms with Crippen LogP contribution in [0.3, 0.4) is 0 Å². The van der Waals surface area contributed by atoms with Crippen LogP contribution in [-0.2, 0) is 27.1 Å². The van der Waals surface area contributed by atoms with Gasteiger partial charge in [-0.25, -0.2) is 0 Å². The van der Waals surface area contributed by atoms with Crippen molar-refractivity contribution < 1.29 is 0 Å². The Balaban J connectivity index is 1.26. The van der Waals surface area contributed by atoms with E-state index in [4.69, 9.17) is 64.2 Å². The van der Waals surface area contributed by atoms with Gasteiger partial charge in [-0.2, -0.15) is 0 Å². The third-order valence-corrected chi connectivity index (χ3v) is 18.6. The van der Waals surface area contributed by atoms with E-state index >= 15 is 0 Å². The van der Waals surface area contributed by atoms with Crippen LogP contribution in [0.1, 0.15) is 161 Å². The van der Waals surface area contributed by atoms with Crippen molar-refractivity contribution in [1.82, 2.24) is 0 Å². The molecule has 0 N–H and O–H groups in total. The normalized spacial score (nSPS) is 31.1. The van der Waals surface area contributed by atoms with Crippen molar-refractivity contribution >= 4 is 0 Å². The molecule has 2 atom stereocenters. The number of hydrogen-bond donors (Lipinski definition) is 0. The molecular formula is C70H50. The van der Waals surface area contributed by atoms with E-state index in [2.05, 4.69) is 120 Å². The third-order valence-electron chi connectivity index (χ3n) is 18.6. The van der Waals surface area contributed by atoms with E-state index in [1.165, 1.54) is 27.8 Å². The van der Waals surface area contributed by atoms with E-state index in [-0.39, 0.29) is 21.7 Å². The summed E-state index contributed by atoms with van der Waals surface area (Å²) in [6.45, 7) is 0. The van der Waals surface area contributed by atoms with Crippen molar-refractivity contribution in [3.63, 3.8) is 0 Å². The minimum absolute atomic E-state index is 0.212. The first-order valence-electron chi connectivity index (χ1n) is 24.2. The maximum atomic E-state index is 6.30. The lowest BCUT2D eigenvalue weighted by Gasteiger charge is -2.79. The smallest absolute Gasteiger partial charge is 0.0257 e. The Hall–Kier alpha value is -8.30. The van der Waals surface area contributed by atoms with Gasteiger partial charge in [0.2, 0.25) is 0 Å². The van der Waals surface area contributed by atoms with Crippen LogP contribution in [0.5, 0.6) is 0 Å². The van der Waals surface area contributed by atoms with Crippen LogP contribution >= 0.6 is 0 Å². The highest BCUT2D eigenvalue weighted by molar-refractivity contribution is 5.58. The Morgan fingerprint density at radius 2 is 0.443 bits per heavy atom. The second kappa shape index (κ2) is 15.4. The van der Waals surface area contributed by atoms with Crippen LogP contribution in [0.15, 0.2) is 91.0 Å². The van der Waals surface area contributed by atoms with Gasteiger partial charge >= 0.3 is 0 Å². The monoisotopic (exact) mass is 890 g/mol. The summed E-state index contributed by atoms with van der Waals surface area (Å²) in [6, 6.07) is 32.2. The zero-order valence-corrected chi connectivity index (χ0v) is 39.5. The first-order chi connectivity index (χ1) is 33.7. The molecule has 0 saturated heterocycles. The van der Waals surface area contributed by atoms with Gasteiger partial charge in [0.25, 0.3) is 0 Å². The maximum absolute atomic E-state index is 6.30. The second-order valence-electron chi connectivity index (χ2n) is 22.5. The van der Waals surface area contributed by atoms with E-state index in [0.717, 1.165) is 133 Å². The zero-order chi connectivity index (χ0) is 48.9. The van der Waals surface area contributed by atoms with Crippen LogP contribution < -0.4 is 0 Å². The first-order valence-corrected chi connectivity index (χ1v) is 24.2. The molecule has 0 radical (unpaired) electrons. The lowest BCUT2D eigenvalue weighted by atomic mass is 9.24. The fourth-order valence-electron chi connectivity index (χ4n) is 17.3. The van der Waals surface area contributed by atoms with Crippen LogP contribution in [0.2, 0.25) is 0 Å². The molecule has 8 aliphatic carbocycles. The van der Waals surface area contributed by atoms with Gasteiger partial charge in [-0.15, -0.1) is 64.2 Å². The third kappa shape index (κ3) is 6.37. The lowest BCUT2D eigenvalue weighted by molar-refractivity contribution is -0.231. The molecule has 5 aromatic rings. The van der Waals surface area contributed by atoms with Crippen LogP contribution in [0, 0.1) is 140 Å². The molecule has 0 aromatic heterocycles. The highest BCUT2D eigenvalue weighted by atomic mass is 14.8. The molecule has 330 valence electrons. The largest absolute Gasteiger partial charge is 0.115 e. The van der Waals surface area contributed by atoms with E-state index in [0.29, 0.717) is 5.92 Å². The molecule has 0 aliphatic heterocycles. The zero-order valence-electron chi connectivity index (χ0n) is 39.5. The topological polar surface area (TPSA) is 0 Å². The molecule has 8 fully saturated rings. The minimum Gasteiger partial charge on any atom is -0.115 e. The predicted octanol–water partition coefficient (Wildman–Crippen LogP) is 11.8. The number of rotatable bonds is 6. The summed E-state index contributed by atoms with van der Waals surface area (Å²) in [7, 11) is 0. The number of benzene rings is 5. The van der Waals surface area contributed by atoms with Crippen molar-refractivity contribution in [1.29, 1.82) is 0 Å². The van der Waals surface area contributed by atoms with Crippen LogP contribution in [0.4, 0.5) is 0 Å². The molecule has 2 unspecified atom stereocenters. The van der Waals surface area contributed by atoms with Gasteiger partial charge in [-0.05, 0) is 240 Å². The lowest BCUT2D eigenvalue weighted by Crippen LogP contribution is -2.73. The van der Waals surface area contributed by atoms with Crippen LogP contribution in [0.25, 0.3) is 0 Å². The average Bonchev–Trinajstić information content (AvgIpc) is 3.39. The van der Waals surface area contributed by atoms with Crippen molar-refractivity contribution in [2.75, 3.05) is 0 Å². The van der Waals surface area contributed by atoms with Gasteiger partial charge in [0, 0.05) is 55.6 Å². The Kier molecular flexibility index (Phi) is 9.70. The summed E-state index contributed by atoms with van der Waals surface area (Å²) in [5, 5.41) is 0. The van der Waals surface area contributed by atoms with Crippen LogP contribution in [-0.4, -0.2) is 0 Å². The highest BCUT2D eigenvalue weighted by Gasteiger charge is 2.77. The van der Waals surface area contributed by atoms with Gasteiger partial charge in [0.1, 0.15) is 0 Å². The number of terminal acetylenes is 10. The summed E-state index contributed by atoms with van der Waals surface area (Å²) < 4.78 is 0. The molecule has 8 saturated carbocycles. The standard InChI is InChI=1S/C70H50/c1-11-48-21-49(12-2)27-59(26-48)64-36-58-37-65(39-64,60-28-50(13-3)22-51(14-4)29-60)44-69(38-58,43-64)70-45-66(61-30-52(15-5)23-53(16-6)31-61)40-67(46-70,62-32-54(17-7)24-55(18-8)33-62)42-68(41-66,47-70)63-34-56(19-9)25-57(20-10)35-63/h1-10,21-35,58H,36-47H2. The van der Waals surface area contributed by atoms with Gasteiger partial charge in [0.05, 0.1) is 0 Å². The van der Waals surface area contributed by atoms with Crippen molar-refractivity contribution in [2.45, 2.75) is 104 Å². The van der Waals surface area contributed by atoms with Crippen molar-refractivity contribution in [3.05, 3.63) is 174 Å². The molecule has 8 bridgehead atoms. The van der Waals surface area contributed by atoms with Gasteiger partial charge in [0.15, 0.2) is 0 Å². The summed E-state index contributed by atoms with van der Waals surface area (Å²) in [5.41, 5.74) is 11.6. The van der Waals surface area contributed by atoms with E-state index < -0.39 is 16.2 Å². The van der Waals surface area contributed by atoms with Gasteiger partial charge in [-0.3, -0.25) is 0 Å². The predicted molar refractivity (Wildman–Crippen MR) is 284 cm³/mol. The van der Waals surface area contributed by atoms with Gasteiger partial charge < -0.3 is 0 Å². The fraction of sp³-hybridized carbons (Fsp3) is 0.286. The molecule has 0 nitrogen and oxygen atoms in total. The Morgan fingerprint density at radius 3 is 0.671 bits per heavy atom. The molecule has 8 aliphatic rings. The quantitative estimate of drug-likeness (QED) is 0.149. The Morgan fingerprint density at radius 1 is 0.243 bits per heavy atom. The molecular weight excluding hydrogens is 841 g/mol. The van der Waals surface area contributed by atoms with Gasteiger partial charge in [-0.1, -0.05) is 59.2 Å². The van der Waals surface area contributed by atoms with Crippen molar-refractivity contribution in [2.24, 2.45) is 16.7 Å². The van der Waals surface area contributed by atoms with E-state index in [1.54, 1.807) is 0 Å². The highest BCUT2D eigenvalue weighted by Crippen LogP contribution is 2.84. The molecule has 0 heteroatoms. The average molecular weight is 891 g/mol. The molecule has 70 heavy (non-hydrogen) atoms. The van der Waals surface area contributed by atoms with E-state index in [9.17, 15) is 0 Å². The first kappa shape index (κ1) is 44.2. The SMILES string of the molecule is C#Cc1cc(C#C)cc(C23CC4CC(c5cc(C#C)cc(C#C)c5)(C2)CC(C25CC6(c7cc(C#C)cc(C#C)c7)CC(c7cc(C#C)cc(C#C)c7)(CC(c7cc(C#C)cc(C#C)c7)(C6)C2)C5)(C4)C3)c1. The second-order valence-corrected chi connectivity index (χ2v) is 22.5. The Bertz CT molecular complexity index is 3130. The summed E-state index contributed by atoms with van der Waals surface area (Å²) in [6.07, 6.45) is 74.2. The maximum Gasteiger partial charge on any atom is 0.0257 e. The Labute approximate surface area is 416 Å². The van der Waals surface area contributed by atoms with Crippen molar-refractivity contribution in [3.8, 4) is 123 Å². The molecule has 13 rings (SSSR count). The number of hydrogen-bond acceptors (Lipinski definition) is 0. The molecule has 0 heterocycles. The summed E-state index contributed by atoms with van der Waals surface area (Å²) in [4.78, 5) is 0. The minimum atomic E-state index is -0.401. The van der Waals surface area contributed by atoms with E-state index in [1.807, 2.05) is 30.3 Å². The molecule has 0 amide bonds. The summed E-state index contributed by atoms with van der Waals surface area (Å²) in [5.74, 6) is 30.1. The molecule has 0 spiro atoms. The summed E-state index contributed by atoms with van der Waals surface area (Å²) >= 11 is 0. The fourth-order valence-corrected chi connectivity index (χ4v) is 17.3.